The SMILES string of the molecule is CN(C)CCCN1C(=O)C(=O)/C(=C(/O)c2cn(C)c3ccccc23)[C@@H]1c1cccnc1. The van der Waals surface area contributed by atoms with Crippen LogP contribution in [-0.4, -0.2) is 63.3 Å². The molecule has 160 valence electrons. The molecule has 1 fully saturated rings. The van der Waals surface area contributed by atoms with Crippen molar-refractivity contribution in [3.63, 3.8) is 0 Å². The van der Waals surface area contributed by atoms with E-state index < -0.39 is 17.7 Å². The molecule has 1 aliphatic rings. The molecule has 0 unspecified atom stereocenters. The molecule has 1 amide bonds. The van der Waals surface area contributed by atoms with E-state index in [0.717, 1.165) is 17.4 Å². The summed E-state index contributed by atoms with van der Waals surface area (Å²) in [5.74, 6) is -1.40. The average Bonchev–Trinajstić information content (AvgIpc) is 3.23. The molecule has 4 rings (SSSR count). The summed E-state index contributed by atoms with van der Waals surface area (Å²) in [4.78, 5) is 33.8. The number of likely N-dealkylation sites (tertiary alicyclic amines) is 1. The van der Waals surface area contributed by atoms with Gasteiger partial charge in [-0.25, -0.2) is 0 Å². The molecular formula is C24H26N4O3. The summed E-state index contributed by atoms with van der Waals surface area (Å²) in [5, 5.41) is 12.1. The third-order valence-corrected chi connectivity index (χ3v) is 5.70. The zero-order valence-electron chi connectivity index (χ0n) is 17.9. The molecule has 3 heterocycles. The van der Waals surface area contributed by atoms with Gasteiger partial charge in [0.15, 0.2) is 0 Å². The number of amides is 1. The predicted molar refractivity (Wildman–Crippen MR) is 119 cm³/mol. The normalized spacial score (nSPS) is 18.5. The fraction of sp³-hybridized carbons (Fsp3) is 0.292. The number of aliphatic hydroxyl groups excluding tert-OH is 1. The fourth-order valence-corrected chi connectivity index (χ4v) is 4.23. The lowest BCUT2D eigenvalue weighted by Crippen LogP contribution is -2.32. The standard InChI is InChI=1S/C24H26N4O3/c1-26(2)12-7-13-28-21(16-8-6-11-25-14-16)20(23(30)24(28)31)22(29)18-15-27(3)19-10-5-4-9-17(18)19/h4-6,8-11,14-15,21,29H,7,12-13H2,1-3H3/b22-20+/t21-/m0/s1. The Hall–Kier alpha value is -3.45. The van der Waals surface area contributed by atoms with Crippen LogP contribution in [0.1, 0.15) is 23.6 Å². The zero-order chi connectivity index (χ0) is 22.1. The first kappa shape index (κ1) is 20.8. The van der Waals surface area contributed by atoms with E-state index in [2.05, 4.69) is 4.98 Å². The maximum Gasteiger partial charge on any atom is 0.295 e. The van der Waals surface area contributed by atoms with Crippen molar-refractivity contribution < 1.29 is 14.7 Å². The Balaban J connectivity index is 1.85. The molecule has 1 aromatic carbocycles. The van der Waals surface area contributed by atoms with Gasteiger partial charge in [0.05, 0.1) is 11.6 Å². The van der Waals surface area contributed by atoms with Crippen LogP contribution in [-0.2, 0) is 16.6 Å². The average molecular weight is 418 g/mol. The van der Waals surface area contributed by atoms with Gasteiger partial charge in [-0.15, -0.1) is 0 Å². The van der Waals surface area contributed by atoms with E-state index in [1.54, 1.807) is 29.6 Å². The van der Waals surface area contributed by atoms with E-state index in [-0.39, 0.29) is 11.3 Å². The van der Waals surface area contributed by atoms with Crippen LogP contribution < -0.4 is 0 Å². The summed E-state index contributed by atoms with van der Waals surface area (Å²) < 4.78 is 1.90. The molecular weight excluding hydrogens is 392 g/mol. The number of carbonyl (C=O) groups excluding carboxylic acids is 2. The lowest BCUT2D eigenvalue weighted by Gasteiger charge is -2.25. The van der Waals surface area contributed by atoms with Crippen molar-refractivity contribution in [2.24, 2.45) is 7.05 Å². The molecule has 3 aromatic rings. The smallest absolute Gasteiger partial charge is 0.295 e. The van der Waals surface area contributed by atoms with E-state index in [4.69, 9.17) is 0 Å². The van der Waals surface area contributed by atoms with Gasteiger partial charge in [0.25, 0.3) is 11.7 Å². The van der Waals surface area contributed by atoms with Crippen LogP contribution in [0.2, 0.25) is 0 Å². The third kappa shape index (κ3) is 3.72. The first-order valence-corrected chi connectivity index (χ1v) is 10.3. The van der Waals surface area contributed by atoms with E-state index >= 15 is 0 Å². The number of nitrogens with zero attached hydrogens (tertiary/aromatic N) is 4. The highest BCUT2D eigenvalue weighted by Gasteiger charge is 2.46. The minimum Gasteiger partial charge on any atom is -0.507 e. The summed E-state index contributed by atoms with van der Waals surface area (Å²) in [7, 11) is 5.82. The second-order valence-corrected chi connectivity index (χ2v) is 8.11. The van der Waals surface area contributed by atoms with Gasteiger partial charge in [0.1, 0.15) is 5.76 Å². The summed E-state index contributed by atoms with van der Waals surface area (Å²) in [6, 6.07) is 10.6. The van der Waals surface area contributed by atoms with Gasteiger partial charge < -0.3 is 19.5 Å². The van der Waals surface area contributed by atoms with Crippen molar-refractivity contribution >= 4 is 28.4 Å². The number of hydrogen-bond donors (Lipinski definition) is 1. The van der Waals surface area contributed by atoms with Gasteiger partial charge in [-0.1, -0.05) is 24.3 Å². The van der Waals surface area contributed by atoms with Crippen molar-refractivity contribution in [1.82, 2.24) is 19.4 Å². The molecule has 2 aromatic heterocycles. The lowest BCUT2D eigenvalue weighted by molar-refractivity contribution is -0.139. The second-order valence-electron chi connectivity index (χ2n) is 8.11. The topological polar surface area (TPSA) is 78.7 Å². The Morgan fingerprint density at radius 3 is 2.65 bits per heavy atom. The first-order valence-electron chi connectivity index (χ1n) is 10.3. The minimum absolute atomic E-state index is 0.110. The molecule has 0 aliphatic carbocycles. The highest BCUT2D eigenvalue weighted by molar-refractivity contribution is 6.46. The Labute approximate surface area is 181 Å². The van der Waals surface area contributed by atoms with Crippen LogP contribution in [0.5, 0.6) is 0 Å². The number of aryl methyl sites for hydroxylation is 1. The number of pyridine rings is 1. The predicted octanol–water partition coefficient (Wildman–Crippen LogP) is 2.95. The number of ketones is 1. The van der Waals surface area contributed by atoms with Crippen LogP contribution >= 0.6 is 0 Å². The van der Waals surface area contributed by atoms with Crippen LogP contribution in [0.3, 0.4) is 0 Å². The van der Waals surface area contributed by atoms with Crippen molar-refractivity contribution in [2.45, 2.75) is 12.5 Å². The lowest BCUT2D eigenvalue weighted by atomic mass is 9.96. The molecule has 0 spiro atoms. The molecule has 0 saturated carbocycles. The van der Waals surface area contributed by atoms with Crippen LogP contribution in [0.25, 0.3) is 16.7 Å². The highest BCUT2D eigenvalue weighted by Crippen LogP contribution is 2.40. The maximum atomic E-state index is 13.1. The van der Waals surface area contributed by atoms with E-state index in [1.165, 1.54) is 0 Å². The van der Waals surface area contributed by atoms with E-state index in [1.807, 2.05) is 60.9 Å². The minimum atomic E-state index is -0.671. The number of benzene rings is 1. The number of Topliss-reactive ketones (excluding diaryl/α,β-unsaturated/α-hetero) is 1. The number of fused-ring (bicyclic) bond motifs is 1. The zero-order valence-corrected chi connectivity index (χ0v) is 17.9. The molecule has 1 atom stereocenters. The molecule has 1 N–H and O–H groups in total. The number of para-hydroxylation sites is 1. The molecule has 1 aliphatic heterocycles. The molecule has 0 radical (unpaired) electrons. The molecule has 31 heavy (non-hydrogen) atoms. The molecule has 0 bridgehead atoms. The van der Waals surface area contributed by atoms with Crippen molar-refractivity contribution in [3.05, 3.63) is 71.7 Å². The van der Waals surface area contributed by atoms with Crippen LogP contribution in [0.15, 0.2) is 60.6 Å². The van der Waals surface area contributed by atoms with Crippen molar-refractivity contribution in [1.29, 1.82) is 0 Å². The Kier molecular flexibility index (Phi) is 5.61. The van der Waals surface area contributed by atoms with E-state index in [0.29, 0.717) is 24.1 Å². The van der Waals surface area contributed by atoms with Gasteiger partial charge in [0.2, 0.25) is 0 Å². The van der Waals surface area contributed by atoms with E-state index in [9.17, 15) is 14.7 Å². The Morgan fingerprint density at radius 2 is 1.94 bits per heavy atom. The van der Waals surface area contributed by atoms with Crippen molar-refractivity contribution in [2.75, 3.05) is 27.2 Å². The number of rotatable bonds is 6. The summed E-state index contributed by atoms with van der Waals surface area (Å²) in [5.41, 5.74) is 2.29. The summed E-state index contributed by atoms with van der Waals surface area (Å²) in [6.45, 7) is 1.20. The second kappa shape index (κ2) is 8.35. The summed E-state index contributed by atoms with van der Waals surface area (Å²) >= 11 is 0. The number of carbonyl (C=O) groups is 2. The first-order chi connectivity index (χ1) is 14.9. The van der Waals surface area contributed by atoms with Crippen LogP contribution in [0, 0.1) is 0 Å². The fourth-order valence-electron chi connectivity index (χ4n) is 4.23. The van der Waals surface area contributed by atoms with Gasteiger partial charge >= 0.3 is 0 Å². The highest BCUT2D eigenvalue weighted by atomic mass is 16.3. The molecule has 7 nitrogen and oxygen atoms in total. The number of aromatic nitrogens is 2. The van der Waals surface area contributed by atoms with Gasteiger partial charge in [0, 0.05) is 48.6 Å². The Morgan fingerprint density at radius 1 is 1.16 bits per heavy atom. The monoisotopic (exact) mass is 418 g/mol. The van der Waals surface area contributed by atoms with Gasteiger partial charge in [-0.2, -0.15) is 0 Å². The van der Waals surface area contributed by atoms with Crippen LogP contribution in [0.4, 0.5) is 0 Å². The number of hydrogen-bond acceptors (Lipinski definition) is 5. The maximum absolute atomic E-state index is 13.1. The summed E-state index contributed by atoms with van der Waals surface area (Å²) in [6.07, 6.45) is 5.79. The largest absolute Gasteiger partial charge is 0.507 e. The molecule has 7 heteroatoms. The van der Waals surface area contributed by atoms with Gasteiger partial charge in [-0.05, 0) is 44.8 Å². The quantitative estimate of drug-likeness (QED) is 0.378. The third-order valence-electron chi connectivity index (χ3n) is 5.70. The van der Waals surface area contributed by atoms with Crippen molar-refractivity contribution in [3.8, 4) is 0 Å². The number of aliphatic hydroxyl groups is 1. The van der Waals surface area contributed by atoms with Gasteiger partial charge in [-0.3, -0.25) is 14.6 Å². The Bertz CT molecular complexity index is 1160. The molecule has 1 saturated heterocycles.